The quantitative estimate of drug-likeness (QED) is 0.353. The molecule has 8 nitrogen and oxygen atoms in total. The number of hydrogen-bond donors (Lipinski definition) is 1. The zero-order valence-corrected chi connectivity index (χ0v) is 19.3. The van der Waals surface area contributed by atoms with E-state index < -0.39 is 0 Å². The average molecular weight is 459 g/mol. The summed E-state index contributed by atoms with van der Waals surface area (Å²) in [5.41, 5.74) is 7.87. The van der Waals surface area contributed by atoms with Crippen molar-refractivity contribution >= 4 is 28.6 Å². The molecule has 0 atom stereocenters. The molecule has 166 valence electrons. The number of carbonyl (C=O) groups is 1. The highest BCUT2D eigenvalue weighted by Crippen LogP contribution is 2.44. The van der Waals surface area contributed by atoms with Crippen LogP contribution in [0.1, 0.15) is 29.4 Å². The predicted molar refractivity (Wildman–Crippen MR) is 129 cm³/mol. The fourth-order valence-electron chi connectivity index (χ4n) is 3.92. The molecule has 0 unspecified atom stereocenters. The third-order valence-electron chi connectivity index (χ3n) is 5.42. The minimum Gasteiger partial charge on any atom is -0.399 e. The van der Waals surface area contributed by atoms with Gasteiger partial charge in [0, 0.05) is 29.9 Å². The van der Waals surface area contributed by atoms with Gasteiger partial charge < -0.3 is 10.2 Å². The summed E-state index contributed by atoms with van der Waals surface area (Å²) in [6.07, 6.45) is 5.14. The molecule has 4 aromatic rings. The largest absolute Gasteiger partial charge is 0.399 e. The van der Waals surface area contributed by atoms with Crippen molar-refractivity contribution in [2.75, 3.05) is 12.4 Å². The molecule has 1 aromatic carbocycles. The Balaban J connectivity index is 1.67. The zero-order chi connectivity index (χ0) is 22.9. The monoisotopic (exact) mass is 458 g/mol. The number of fused-ring (bicyclic) bond motifs is 3. The number of benzene rings is 1. The van der Waals surface area contributed by atoms with Crippen molar-refractivity contribution in [2.24, 2.45) is 5.16 Å². The lowest BCUT2D eigenvalue weighted by atomic mass is 9.95. The Morgan fingerprint density at radius 1 is 1.21 bits per heavy atom. The van der Waals surface area contributed by atoms with Crippen LogP contribution in [0.5, 0.6) is 0 Å². The van der Waals surface area contributed by atoms with E-state index in [2.05, 4.69) is 26.5 Å². The number of rotatable bonds is 5. The average Bonchev–Trinajstić information content (AvgIpc) is 3.39. The lowest BCUT2D eigenvalue weighted by Gasteiger charge is -2.14. The zero-order valence-electron chi connectivity index (χ0n) is 18.5. The second-order valence-electron chi connectivity index (χ2n) is 7.76. The molecule has 0 spiro atoms. The highest BCUT2D eigenvalue weighted by atomic mass is 32.1. The molecule has 0 fully saturated rings. The van der Waals surface area contributed by atoms with E-state index in [1.165, 1.54) is 25.4 Å². The summed E-state index contributed by atoms with van der Waals surface area (Å²) in [5.74, 6) is -0.130. The van der Waals surface area contributed by atoms with Crippen LogP contribution in [0.4, 0.5) is 5.13 Å². The Morgan fingerprint density at radius 2 is 2.03 bits per heavy atom. The molecule has 0 aliphatic heterocycles. The third-order valence-corrected chi connectivity index (χ3v) is 6.44. The number of carbonyl (C=O) groups excluding carboxylic acids is 1. The number of thiazole rings is 1. The highest BCUT2D eigenvalue weighted by molar-refractivity contribution is 7.19. The molecule has 5 rings (SSSR count). The Kier molecular flexibility index (Phi) is 5.47. The molecule has 1 amide bonds. The Labute approximate surface area is 195 Å². The van der Waals surface area contributed by atoms with Crippen molar-refractivity contribution in [3.8, 4) is 27.5 Å². The van der Waals surface area contributed by atoms with Gasteiger partial charge in [0.15, 0.2) is 5.13 Å². The normalized spacial score (nSPS) is 12.5. The molecule has 9 heteroatoms. The van der Waals surface area contributed by atoms with Crippen LogP contribution in [-0.4, -0.2) is 39.0 Å². The Hall–Kier alpha value is -3.85. The Bertz CT molecular complexity index is 1350. The van der Waals surface area contributed by atoms with Gasteiger partial charge in [0.2, 0.25) is 5.91 Å². The fraction of sp³-hybridized carbons (Fsp3) is 0.208. The van der Waals surface area contributed by atoms with E-state index in [9.17, 15) is 4.79 Å². The first-order valence-corrected chi connectivity index (χ1v) is 11.3. The van der Waals surface area contributed by atoms with Gasteiger partial charge in [0.1, 0.15) is 7.11 Å². The van der Waals surface area contributed by atoms with E-state index in [0.717, 1.165) is 62.9 Å². The van der Waals surface area contributed by atoms with E-state index in [0.29, 0.717) is 5.13 Å². The van der Waals surface area contributed by atoms with Gasteiger partial charge in [-0.1, -0.05) is 28.6 Å². The number of aryl methyl sites for hydroxylation is 2. The number of nitrogens with one attached hydrogen (secondary N) is 1. The summed E-state index contributed by atoms with van der Waals surface area (Å²) in [4.78, 5) is 26.5. The standard InChI is InChI=1S/C24H22N6O2S/c1-14-4-7-17(13-25-14)21-19-10-11-20-23(33-24(28-20)27-15(2)31)22(19)30(29-21)18-8-5-16(6-9-18)12-26-32-3/h4-9,12-13H,10-11H2,1-3H3,(H,27,28,31). The summed E-state index contributed by atoms with van der Waals surface area (Å²) < 4.78 is 1.97. The molecule has 33 heavy (non-hydrogen) atoms. The summed E-state index contributed by atoms with van der Waals surface area (Å²) in [6, 6.07) is 12.0. The van der Waals surface area contributed by atoms with Crippen molar-refractivity contribution in [1.82, 2.24) is 19.7 Å². The van der Waals surface area contributed by atoms with Crippen LogP contribution < -0.4 is 5.32 Å². The van der Waals surface area contributed by atoms with Gasteiger partial charge in [-0.25, -0.2) is 9.67 Å². The van der Waals surface area contributed by atoms with Gasteiger partial charge in [-0.2, -0.15) is 5.10 Å². The number of pyridine rings is 1. The third kappa shape index (κ3) is 4.03. The van der Waals surface area contributed by atoms with Gasteiger partial charge in [0.25, 0.3) is 0 Å². The number of anilines is 1. The van der Waals surface area contributed by atoms with Gasteiger partial charge in [0.05, 0.1) is 33.9 Å². The summed E-state index contributed by atoms with van der Waals surface area (Å²) in [5, 5.41) is 12.3. The fourth-order valence-corrected chi connectivity index (χ4v) is 5.03. The van der Waals surface area contributed by atoms with Crippen molar-refractivity contribution in [3.63, 3.8) is 0 Å². The number of oxime groups is 1. The van der Waals surface area contributed by atoms with Crippen LogP contribution in [0.25, 0.3) is 27.5 Å². The van der Waals surface area contributed by atoms with E-state index >= 15 is 0 Å². The Morgan fingerprint density at radius 3 is 2.73 bits per heavy atom. The molecule has 1 aliphatic carbocycles. The van der Waals surface area contributed by atoms with Crippen LogP contribution in [0.15, 0.2) is 47.8 Å². The first-order valence-electron chi connectivity index (χ1n) is 10.5. The lowest BCUT2D eigenvalue weighted by molar-refractivity contribution is -0.114. The van der Waals surface area contributed by atoms with E-state index in [4.69, 9.17) is 9.94 Å². The molecule has 0 saturated carbocycles. The van der Waals surface area contributed by atoms with Crippen molar-refractivity contribution in [3.05, 3.63) is 65.1 Å². The molecular formula is C24H22N6O2S. The maximum absolute atomic E-state index is 11.6. The maximum Gasteiger partial charge on any atom is 0.223 e. The molecule has 1 N–H and O–H groups in total. The van der Waals surface area contributed by atoms with Crippen LogP contribution in [-0.2, 0) is 22.5 Å². The predicted octanol–water partition coefficient (Wildman–Crippen LogP) is 4.40. The summed E-state index contributed by atoms with van der Waals surface area (Å²) in [7, 11) is 1.52. The molecule has 0 bridgehead atoms. The van der Waals surface area contributed by atoms with E-state index in [1.54, 1.807) is 6.21 Å². The van der Waals surface area contributed by atoms with Crippen molar-refractivity contribution in [1.29, 1.82) is 0 Å². The van der Waals surface area contributed by atoms with E-state index in [1.807, 2.05) is 48.1 Å². The maximum atomic E-state index is 11.6. The van der Waals surface area contributed by atoms with Gasteiger partial charge in [-0.15, -0.1) is 0 Å². The molecule has 0 saturated heterocycles. The number of aromatic nitrogens is 4. The topological polar surface area (TPSA) is 94.3 Å². The molecule has 3 aromatic heterocycles. The molecular weight excluding hydrogens is 436 g/mol. The van der Waals surface area contributed by atoms with Gasteiger partial charge in [-0.3, -0.25) is 9.78 Å². The minimum atomic E-state index is -0.130. The van der Waals surface area contributed by atoms with Crippen LogP contribution >= 0.6 is 11.3 Å². The van der Waals surface area contributed by atoms with E-state index in [-0.39, 0.29) is 5.91 Å². The minimum absolute atomic E-state index is 0.130. The molecule has 1 aliphatic rings. The van der Waals surface area contributed by atoms with Crippen molar-refractivity contribution < 1.29 is 9.63 Å². The second kappa shape index (κ2) is 8.59. The van der Waals surface area contributed by atoms with Crippen LogP contribution in [0.3, 0.4) is 0 Å². The molecule has 3 heterocycles. The number of nitrogens with zero attached hydrogens (tertiary/aromatic N) is 5. The smallest absolute Gasteiger partial charge is 0.223 e. The highest BCUT2D eigenvalue weighted by Gasteiger charge is 2.30. The molecule has 0 radical (unpaired) electrons. The van der Waals surface area contributed by atoms with Gasteiger partial charge in [-0.05, 0) is 49.6 Å². The summed E-state index contributed by atoms with van der Waals surface area (Å²) in [6.45, 7) is 3.46. The second-order valence-corrected chi connectivity index (χ2v) is 8.76. The lowest BCUT2D eigenvalue weighted by Crippen LogP contribution is -2.07. The SMILES string of the molecule is CON=Cc1ccc(-n2nc(-c3ccc(C)nc3)c3c2-c2sc(NC(C)=O)nc2CC3)cc1. The van der Waals surface area contributed by atoms with Gasteiger partial charge >= 0.3 is 0 Å². The number of hydrogen-bond acceptors (Lipinski definition) is 7. The van der Waals surface area contributed by atoms with Crippen LogP contribution in [0, 0.1) is 6.92 Å². The van der Waals surface area contributed by atoms with Crippen molar-refractivity contribution in [2.45, 2.75) is 26.7 Å². The number of amides is 1. The first-order chi connectivity index (χ1) is 16.0. The summed E-state index contributed by atoms with van der Waals surface area (Å²) >= 11 is 1.48. The first kappa shape index (κ1) is 21.0. The van der Waals surface area contributed by atoms with Crippen LogP contribution in [0.2, 0.25) is 0 Å².